The number of aryl methyl sites for hydroxylation is 3. The number of aromatic nitrogens is 2. The number of hydrogen-bond donors (Lipinski definition) is 1. The third-order valence-electron chi connectivity index (χ3n) is 3.49. The Bertz CT molecular complexity index is 502. The lowest BCUT2D eigenvalue weighted by Crippen LogP contribution is -2.13. The van der Waals surface area contributed by atoms with E-state index in [9.17, 15) is 0 Å². The van der Waals surface area contributed by atoms with E-state index in [0.29, 0.717) is 0 Å². The average Bonchev–Trinajstić information content (AvgIpc) is 2.81. The molecule has 20 heavy (non-hydrogen) atoms. The van der Waals surface area contributed by atoms with Crippen molar-refractivity contribution in [3.05, 3.63) is 53.3 Å². The normalized spacial score (nSPS) is 10.9. The molecule has 0 fully saturated rings. The molecule has 0 amide bonds. The fraction of sp³-hybridized carbons (Fsp3) is 0.471. The Kier molecular flexibility index (Phi) is 5.81. The Labute approximate surface area is 122 Å². The number of hydrogen-bond acceptors (Lipinski definition) is 2. The van der Waals surface area contributed by atoms with Crippen molar-refractivity contribution in [2.24, 2.45) is 0 Å². The van der Waals surface area contributed by atoms with Crippen molar-refractivity contribution in [3.8, 4) is 0 Å². The van der Waals surface area contributed by atoms with E-state index in [4.69, 9.17) is 0 Å². The minimum atomic E-state index is 0.929. The maximum Gasteiger partial charge on any atom is 0.0638 e. The molecule has 0 atom stereocenters. The highest BCUT2D eigenvalue weighted by Crippen LogP contribution is 2.08. The van der Waals surface area contributed by atoms with Crippen molar-refractivity contribution in [2.45, 2.75) is 46.2 Å². The van der Waals surface area contributed by atoms with Gasteiger partial charge in [0.1, 0.15) is 0 Å². The Hall–Kier alpha value is -1.61. The van der Waals surface area contributed by atoms with Crippen LogP contribution in [0.25, 0.3) is 0 Å². The fourth-order valence-corrected chi connectivity index (χ4v) is 2.34. The smallest absolute Gasteiger partial charge is 0.0638 e. The average molecular weight is 271 g/mol. The highest BCUT2D eigenvalue weighted by atomic mass is 15.3. The SMILES string of the molecule is CCCNCc1cn(CCCc2ccccc2)nc1C. The van der Waals surface area contributed by atoms with E-state index in [0.717, 1.165) is 38.2 Å². The molecule has 2 rings (SSSR count). The maximum absolute atomic E-state index is 4.60. The summed E-state index contributed by atoms with van der Waals surface area (Å²) in [5.74, 6) is 0. The molecule has 3 nitrogen and oxygen atoms in total. The van der Waals surface area contributed by atoms with Crippen LogP contribution < -0.4 is 5.32 Å². The summed E-state index contributed by atoms with van der Waals surface area (Å²) in [5, 5.41) is 8.03. The summed E-state index contributed by atoms with van der Waals surface area (Å²) in [6.07, 6.45) is 5.60. The van der Waals surface area contributed by atoms with Crippen molar-refractivity contribution in [1.29, 1.82) is 0 Å². The standard InChI is InChI=1S/C17H25N3/c1-3-11-18-13-17-14-20(19-15(17)2)12-7-10-16-8-5-4-6-9-16/h4-6,8-9,14,18H,3,7,10-13H2,1-2H3. The van der Waals surface area contributed by atoms with Crippen LogP contribution in [0.15, 0.2) is 36.5 Å². The molecule has 1 N–H and O–H groups in total. The molecular weight excluding hydrogens is 246 g/mol. The molecule has 108 valence electrons. The summed E-state index contributed by atoms with van der Waals surface area (Å²) in [4.78, 5) is 0. The van der Waals surface area contributed by atoms with Crippen molar-refractivity contribution in [1.82, 2.24) is 15.1 Å². The first kappa shape index (κ1) is 14.8. The quantitative estimate of drug-likeness (QED) is 0.746. The van der Waals surface area contributed by atoms with Gasteiger partial charge in [-0.05, 0) is 38.3 Å². The van der Waals surface area contributed by atoms with Gasteiger partial charge < -0.3 is 5.32 Å². The summed E-state index contributed by atoms with van der Waals surface area (Å²) in [5.41, 5.74) is 3.87. The largest absolute Gasteiger partial charge is 0.313 e. The first-order chi connectivity index (χ1) is 9.79. The van der Waals surface area contributed by atoms with Crippen molar-refractivity contribution >= 4 is 0 Å². The van der Waals surface area contributed by atoms with Gasteiger partial charge in [-0.3, -0.25) is 4.68 Å². The van der Waals surface area contributed by atoms with Gasteiger partial charge in [0.05, 0.1) is 5.69 Å². The van der Waals surface area contributed by atoms with Gasteiger partial charge in [-0.1, -0.05) is 37.3 Å². The van der Waals surface area contributed by atoms with Gasteiger partial charge in [-0.15, -0.1) is 0 Å². The predicted molar refractivity (Wildman–Crippen MR) is 83.7 cm³/mol. The van der Waals surface area contributed by atoms with E-state index < -0.39 is 0 Å². The van der Waals surface area contributed by atoms with Crippen molar-refractivity contribution in [3.63, 3.8) is 0 Å². The van der Waals surface area contributed by atoms with Crippen molar-refractivity contribution < 1.29 is 0 Å². The van der Waals surface area contributed by atoms with E-state index in [1.54, 1.807) is 0 Å². The van der Waals surface area contributed by atoms with Gasteiger partial charge in [-0.2, -0.15) is 5.10 Å². The second-order valence-electron chi connectivity index (χ2n) is 5.27. The van der Waals surface area contributed by atoms with Gasteiger partial charge in [0.25, 0.3) is 0 Å². The molecule has 0 spiro atoms. The van der Waals surface area contributed by atoms with Crippen molar-refractivity contribution in [2.75, 3.05) is 6.54 Å². The molecule has 0 aliphatic carbocycles. The summed E-state index contributed by atoms with van der Waals surface area (Å²) >= 11 is 0. The Morgan fingerprint density at radius 2 is 2.00 bits per heavy atom. The Morgan fingerprint density at radius 3 is 2.75 bits per heavy atom. The number of rotatable bonds is 8. The second-order valence-corrected chi connectivity index (χ2v) is 5.27. The van der Waals surface area contributed by atoms with Gasteiger partial charge in [0, 0.05) is 24.8 Å². The van der Waals surface area contributed by atoms with Gasteiger partial charge >= 0.3 is 0 Å². The monoisotopic (exact) mass is 271 g/mol. The highest BCUT2D eigenvalue weighted by Gasteiger charge is 2.04. The molecule has 0 saturated carbocycles. The number of benzene rings is 1. The lowest BCUT2D eigenvalue weighted by molar-refractivity contribution is 0.574. The van der Waals surface area contributed by atoms with Crippen LogP contribution in [-0.4, -0.2) is 16.3 Å². The van der Waals surface area contributed by atoms with E-state index >= 15 is 0 Å². The van der Waals surface area contributed by atoms with E-state index in [1.807, 2.05) is 0 Å². The lowest BCUT2D eigenvalue weighted by Gasteiger charge is -2.02. The van der Waals surface area contributed by atoms with Crippen LogP contribution in [0.3, 0.4) is 0 Å². The lowest BCUT2D eigenvalue weighted by atomic mass is 10.1. The maximum atomic E-state index is 4.60. The van der Waals surface area contributed by atoms with Crippen LogP contribution in [0.5, 0.6) is 0 Å². The minimum absolute atomic E-state index is 0.929. The molecule has 0 unspecified atom stereocenters. The number of nitrogens with one attached hydrogen (secondary N) is 1. The summed E-state index contributed by atoms with van der Waals surface area (Å²) < 4.78 is 2.08. The van der Waals surface area contributed by atoms with Gasteiger partial charge in [0.2, 0.25) is 0 Å². The zero-order valence-corrected chi connectivity index (χ0v) is 12.6. The fourth-order valence-electron chi connectivity index (χ4n) is 2.34. The van der Waals surface area contributed by atoms with Gasteiger partial charge in [0.15, 0.2) is 0 Å². The topological polar surface area (TPSA) is 29.9 Å². The molecule has 1 aromatic heterocycles. The first-order valence-corrected chi connectivity index (χ1v) is 7.57. The molecule has 0 bridgehead atoms. The molecule has 1 heterocycles. The number of nitrogens with zero attached hydrogens (tertiary/aromatic N) is 2. The van der Waals surface area contributed by atoms with E-state index in [-0.39, 0.29) is 0 Å². The Morgan fingerprint density at radius 1 is 1.20 bits per heavy atom. The minimum Gasteiger partial charge on any atom is -0.313 e. The molecule has 1 aromatic carbocycles. The Balaban J connectivity index is 1.80. The zero-order chi connectivity index (χ0) is 14.2. The first-order valence-electron chi connectivity index (χ1n) is 7.57. The molecule has 2 aromatic rings. The zero-order valence-electron chi connectivity index (χ0n) is 12.6. The van der Waals surface area contributed by atoms with E-state index in [1.165, 1.54) is 17.5 Å². The molecule has 0 saturated heterocycles. The van der Waals surface area contributed by atoms with Crippen LogP contribution in [0.2, 0.25) is 0 Å². The highest BCUT2D eigenvalue weighted by molar-refractivity contribution is 5.16. The van der Waals surface area contributed by atoms with Gasteiger partial charge in [-0.25, -0.2) is 0 Å². The van der Waals surface area contributed by atoms with E-state index in [2.05, 4.69) is 65.5 Å². The molecule has 0 radical (unpaired) electrons. The summed E-state index contributed by atoms with van der Waals surface area (Å²) in [7, 11) is 0. The van der Waals surface area contributed by atoms with Crippen LogP contribution in [-0.2, 0) is 19.5 Å². The second kappa shape index (κ2) is 7.85. The van der Waals surface area contributed by atoms with Crippen LogP contribution in [0.1, 0.15) is 36.6 Å². The van der Waals surface area contributed by atoms with Crippen LogP contribution >= 0.6 is 0 Å². The van der Waals surface area contributed by atoms with Crippen LogP contribution in [0, 0.1) is 6.92 Å². The summed E-state index contributed by atoms with van der Waals surface area (Å²) in [6, 6.07) is 10.6. The molecule has 3 heteroatoms. The summed E-state index contributed by atoms with van der Waals surface area (Å²) in [6.45, 7) is 7.27. The third kappa shape index (κ3) is 4.49. The molecule has 0 aliphatic heterocycles. The van der Waals surface area contributed by atoms with Crippen LogP contribution in [0.4, 0.5) is 0 Å². The third-order valence-corrected chi connectivity index (χ3v) is 3.49. The predicted octanol–water partition coefficient (Wildman–Crippen LogP) is 3.32. The molecule has 0 aliphatic rings. The molecular formula is C17H25N3.